The number of hydrogen-bond acceptors (Lipinski definition) is 5. The smallest absolute Gasteiger partial charge is 0.328 e. The topological polar surface area (TPSA) is 72.9 Å². The maximum atomic E-state index is 12.8. The Morgan fingerprint density at radius 2 is 1.80 bits per heavy atom. The molecule has 1 heterocycles. The summed E-state index contributed by atoms with van der Waals surface area (Å²) in [5.41, 5.74) is 3.07. The molecule has 2 unspecified atom stereocenters. The SMILES string of the molecule is COC(=O)C1CCN(C(=O)Cc2cc(C)ccc2C)C(C(=O)OC)C1. The minimum absolute atomic E-state index is 0.132. The molecule has 0 aliphatic carbocycles. The highest BCUT2D eigenvalue weighted by atomic mass is 16.5. The first kappa shape index (κ1) is 19.0. The molecule has 2 rings (SSSR count). The zero-order valence-electron chi connectivity index (χ0n) is 15.2. The van der Waals surface area contributed by atoms with E-state index < -0.39 is 12.0 Å². The molecule has 1 amide bonds. The number of hydrogen-bond donors (Lipinski definition) is 0. The lowest BCUT2D eigenvalue weighted by molar-refractivity contribution is -0.159. The summed E-state index contributed by atoms with van der Waals surface area (Å²) in [6.45, 7) is 4.28. The fourth-order valence-corrected chi connectivity index (χ4v) is 3.26. The number of piperidine rings is 1. The van der Waals surface area contributed by atoms with E-state index in [1.54, 1.807) is 0 Å². The van der Waals surface area contributed by atoms with Crippen LogP contribution in [0.15, 0.2) is 18.2 Å². The molecule has 136 valence electrons. The summed E-state index contributed by atoms with van der Waals surface area (Å²) < 4.78 is 9.62. The number of benzene rings is 1. The van der Waals surface area contributed by atoms with Crippen LogP contribution in [0.5, 0.6) is 0 Å². The number of aryl methyl sites for hydroxylation is 2. The summed E-state index contributed by atoms with van der Waals surface area (Å²) in [6, 6.07) is 5.23. The number of esters is 2. The molecule has 6 heteroatoms. The summed E-state index contributed by atoms with van der Waals surface area (Å²) in [4.78, 5) is 38.3. The highest BCUT2D eigenvalue weighted by molar-refractivity contribution is 5.87. The highest BCUT2D eigenvalue weighted by Gasteiger charge is 2.39. The molecule has 1 aromatic rings. The number of carbonyl (C=O) groups excluding carboxylic acids is 3. The predicted molar refractivity (Wildman–Crippen MR) is 91.9 cm³/mol. The van der Waals surface area contributed by atoms with Crippen molar-refractivity contribution in [3.05, 3.63) is 34.9 Å². The van der Waals surface area contributed by atoms with Crippen molar-refractivity contribution in [2.75, 3.05) is 20.8 Å². The Kier molecular flexibility index (Phi) is 6.17. The molecule has 0 aromatic heterocycles. The van der Waals surface area contributed by atoms with Gasteiger partial charge in [-0.3, -0.25) is 9.59 Å². The molecule has 25 heavy (non-hydrogen) atoms. The number of methoxy groups -OCH3 is 2. The molecule has 0 radical (unpaired) electrons. The van der Waals surface area contributed by atoms with Crippen molar-refractivity contribution in [2.45, 2.75) is 39.2 Å². The molecule has 2 atom stereocenters. The first-order chi connectivity index (χ1) is 11.9. The van der Waals surface area contributed by atoms with Crippen LogP contribution in [0.2, 0.25) is 0 Å². The summed E-state index contributed by atoms with van der Waals surface area (Å²) in [5, 5.41) is 0. The number of amides is 1. The van der Waals surface area contributed by atoms with Gasteiger partial charge in [-0.15, -0.1) is 0 Å². The highest BCUT2D eigenvalue weighted by Crippen LogP contribution is 2.26. The van der Waals surface area contributed by atoms with Gasteiger partial charge in [0, 0.05) is 6.54 Å². The third kappa shape index (κ3) is 4.38. The molecule has 1 fully saturated rings. The summed E-state index contributed by atoms with van der Waals surface area (Å²) in [6.07, 6.45) is 0.945. The molecule has 0 bridgehead atoms. The van der Waals surface area contributed by atoms with E-state index in [0.29, 0.717) is 13.0 Å². The molecular weight excluding hydrogens is 322 g/mol. The van der Waals surface area contributed by atoms with Gasteiger partial charge in [-0.25, -0.2) is 4.79 Å². The molecule has 1 aliphatic heterocycles. The van der Waals surface area contributed by atoms with E-state index in [0.717, 1.165) is 16.7 Å². The van der Waals surface area contributed by atoms with E-state index >= 15 is 0 Å². The lowest BCUT2D eigenvalue weighted by Gasteiger charge is -2.37. The van der Waals surface area contributed by atoms with Crippen molar-refractivity contribution in [3.8, 4) is 0 Å². The largest absolute Gasteiger partial charge is 0.469 e. The third-order valence-corrected chi connectivity index (χ3v) is 4.78. The van der Waals surface area contributed by atoms with Crippen LogP contribution in [0, 0.1) is 19.8 Å². The van der Waals surface area contributed by atoms with Gasteiger partial charge in [-0.2, -0.15) is 0 Å². The molecule has 0 spiro atoms. The average Bonchev–Trinajstić information content (AvgIpc) is 2.62. The number of nitrogens with zero attached hydrogens (tertiary/aromatic N) is 1. The van der Waals surface area contributed by atoms with E-state index in [9.17, 15) is 14.4 Å². The first-order valence-corrected chi connectivity index (χ1v) is 8.38. The lowest BCUT2D eigenvalue weighted by Crippen LogP contribution is -2.52. The molecular formula is C19H25NO5. The van der Waals surface area contributed by atoms with Crippen LogP contribution >= 0.6 is 0 Å². The van der Waals surface area contributed by atoms with Crippen LogP contribution in [-0.4, -0.2) is 49.6 Å². The molecule has 6 nitrogen and oxygen atoms in total. The molecule has 0 N–H and O–H groups in total. The normalized spacial score (nSPS) is 20.1. The van der Waals surface area contributed by atoms with Gasteiger partial charge in [0.15, 0.2) is 0 Å². The second kappa shape index (κ2) is 8.14. The fourth-order valence-electron chi connectivity index (χ4n) is 3.26. The number of rotatable bonds is 4. The quantitative estimate of drug-likeness (QED) is 0.777. The van der Waals surface area contributed by atoms with Crippen LogP contribution in [0.1, 0.15) is 29.5 Å². The number of ether oxygens (including phenoxy) is 2. The molecule has 0 saturated carbocycles. The van der Waals surface area contributed by atoms with Crippen molar-refractivity contribution < 1.29 is 23.9 Å². The summed E-state index contributed by atoms with van der Waals surface area (Å²) >= 11 is 0. The van der Waals surface area contributed by atoms with E-state index in [1.807, 2.05) is 32.0 Å². The van der Waals surface area contributed by atoms with E-state index in [-0.39, 0.29) is 30.6 Å². The Bertz CT molecular complexity index is 670. The van der Waals surface area contributed by atoms with Crippen LogP contribution < -0.4 is 0 Å². The van der Waals surface area contributed by atoms with Gasteiger partial charge in [0.2, 0.25) is 5.91 Å². The predicted octanol–water partition coefficient (Wildman–Crippen LogP) is 1.80. The van der Waals surface area contributed by atoms with E-state index in [2.05, 4.69) is 0 Å². The third-order valence-electron chi connectivity index (χ3n) is 4.78. The number of carbonyl (C=O) groups is 3. The monoisotopic (exact) mass is 347 g/mol. The maximum absolute atomic E-state index is 12.8. The van der Waals surface area contributed by atoms with Gasteiger partial charge < -0.3 is 14.4 Å². The van der Waals surface area contributed by atoms with Gasteiger partial charge in [0.1, 0.15) is 6.04 Å². The summed E-state index contributed by atoms with van der Waals surface area (Å²) in [7, 11) is 2.62. The maximum Gasteiger partial charge on any atom is 0.328 e. The fraction of sp³-hybridized carbons (Fsp3) is 0.526. The van der Waals surface area contributed by atoms with Gasteiger partial charge >= 0.3 is 11.9 Å². The molecule has 1 aromatic carbocycles. The molecule has 1 aliphatic rings. The zero-order chi connectivity index (χ0) is 18.6. The van der Waals surface area contributed by atoms with Gasteiger partial charge in [-0.1, -0.05) is 23.8 Å². The van der Waals surface area contributed by atoms with Crippen molar-refractivity contribution in [3.63, 3.8) is 0 Å². The number of likely N-dealkylation sites (tertiary alicyclic amines) is 1. The minimum atomic E-state index is -0.750. The van der Waals surface area contributed by atoms with Crippen LogP contribution in [0.25, 0.3) is 0 Å². The first-order valence-electron chi connectivity index (χ1n) is 8.38. The Labute approximate surface area is 148 Å². The van der Waals surface area contributed by atoms with Crippen LogP contribution in [0.4, 0.5) is 0 Å². The van der Waals surface area contributed by atoms with E-state index in [1.165, 1.54) is 19.1 Å². The second-order valence-electron chi connectivity index (χ2n) is 6.48. The average molecular weight is 347 g/mol. The van der Waals surface area contributed by atoms with Crippen molar-refractivity contribution in [1.82, 2.24) is 4.90 Å². The standard InChI is InChI=1S/C19H25NO5/c1-12-5-6-13(2)15(9-12)11-17(21)20-8-7-14(18(22)24-3)10-16(20)19(23)25-4/h5-6,9,14,16H,7-8,10-11H2,1-4H3. The molecule has 1 saturated heterocycles. The van der Waals surface area contributed by atoms with Crippen molar-refractivity contribution >= 4 is 17.8 Å². The summed E-state index contributed by atoms with van der Waals surface area (Å²) in [5.74, 6) is -1.37. The van der Waals surface area contributed by atoms with Crippen molar-refractivity contribution in [2.24, 2.45) is 5.92 Å². The Morgan fingerprint density at radius 1 is 1.12 bits per heavy atom. The Morgan fingerprint density at radius 3 is 2.44 bits per heavy atom. The van der Waals surface area contributed by atoms with Gasteiger partial charge in [0.05, 0.1) is 26.6 Å². The Balaban J connectivity index is 2.17. The lowest BCUT2D eigenvalue weighted by atomic mass is 9.90. The minimum Gasteiger partial charge on any atom is -0.469 e. The van der Waals surface area contributed by atoms with Crippen molar-refractivity contribution in [1.29, 1.82) is 0 Å². The second-order valence-corrected chi connectivity index (χ2v) is 6.48. The van der Waals surface area contributed by atoms with E-state index in [4.69, 9.17) is 9.47 Å². The van der Waals surface area contributed by atoms with Gasteiger partial charge in [-0.05, 0) is 37.8 Å². The van der Waals surface area contributed by atoms with Crippen LogP contribution in [-0.2, 0) is 30.3 Å². The van der Waals surface area contributed by atoms with Crippen LogP contribution in [0.3, 0.4) is 0 Å². The Hall–Kier alpha value is -2.37. The zero-order valence-corrected chi connectivity index (χ0v) is 15.2. The van der Waals surface area contributed by atoms with Gasteiger partial charge in [0.25, 0.3) is 0 Å².